The minimum Gasteiger partial charge on any atom is -0.325 e. The lowest BCUT2D eigenvalue weighted by Gasteiger charge is -2.23. The summed E-state index contributed by atoms with van der Waals surface area (Å²) in [5.74, 6) is -0.832. The number of nitrogens with one attached hydrogen (secondary N) is 2. The molecule has 0 bridgehead atoms. The Morgan fingerprint density at radius 1 is 1.00 bits per heavy atom. The third-order valence-electron chi connectivity index (χ3n) is 6.29. The number of carbonyl (C=O) groups is 3. The molecule has 0 saturated carbocycles. The van der Waals surface area contributed by atoms with Crippen LogP contribution >= 0.6 is 0 Å². The fourth-order valence-electron chi connectivity index (χ4n) is 4.53. The van der Waals surface area contributed by atoms with E-state index in [2.05, 4.69) is 10.6 Å². The Morgan fingerprint density at radius 2 is 1.77 bits per heavy atom. The average molecular weight is 413 g/mol. The van der Waals surface area contributed by atoms with Crippen molar-refractivity contribution in [3.05, 3.63) is 77.4 Å². The zero-order valence-corrected chi connectivity index (χ0v) is 17.3. The summed E-state index contributed by atoms with van der Waals surface area (Å²) >= 11 is 0. The lowest BCUT2D eigenvalue weighted by molar-refractivity contribution is -0.133. The van der Waals surface area contributed by atoms with Crippen molar-refractivity contribution in [3.63, 3.8) is 0 Å². The topological polar surface area (TPSA) is 78.5 Å². The van der Waals surface area contributed by atoms with Gasteiger partial charge >= 0.3 is 6.03 Å². The molecular weight excluding hydrogens is 390 g/mol. The van der Waals surface area contributed by atoms with Gasteiger partial charge in [-0.2, -0.15) is 0 Å². The molecular formula is C25H23N3O3. The smallest absolute Gasteiger partial charge is 0.325 e. The fraction of sp³-hybridized carbons (Fsp3) is 0.240. The lowest BCUT2D eigenvalue weighted by Crippen LogP contribution is -2.42. The van der Waals surface area contributed by atoms with Crippen LogP contribution in [0.4, 0.5) is 10.5 Å². The zero-order valence-electron chi connectivity index (χ0n) is 17.3. The Labute approximate surface area is 180 Å². The molecule has 1 heterocycles. The molecule has 1 atom stereocenters. The predicted molar refractivity (Wildman–Crippen MR) is 119 cm³/mol. The first-order chi connectivity index (χ1) is 14.9. The summed E-state index contributed by atoms with van der Waals surface area (Å²) < 4.78 is 0. The van der Waals surface area contributed by atoms with Gasteiger partial charge in [0, 0.05) is 5.69 Å². The zero-order chi connectivity index (χ0) is 21.6. The van der Waals surface area contributed by atoms with Crippen molar-refractivity contribution < 1.29 is 14.4 Å². The van der Waals surface area contributed by atoms with Gasteiger partial charge in [-0.25, -0.2) is 4.79 Å². The third kappa shape index (κ3) is 3.34. The van der Waals surface area contributed by atoms with Crippen LogP contribution in [-0.2, 0) is 28.0 Å². The lowest BCUT2D eigenvalue weighted by atomic mass is 9.89. The first-order valence-corrected chi connectivity index (χ1v) is 10.5. The summed E-state index contributed by atoms with van der Waals surface area (Å²) in [6.07, 6.45) is 3.14. The van der Waals surface area contributed by atoms with E-state index in [4.69, 9.17) is 0 Å². The SMILES string of the molecule is C[C@@]1(c2ccc3c(c2)CCC3)NC(=O)N(CC(=O)Nc2ccc3ccccc3c2)C1=O. The number of amides is 4. The number of hydrogen-bond acceptors (Lipinski definition) is 3. The van der Waals surface area contributed by atoms with Crippen molar-refractivity contribution >= 4 is 34.3 Å². The van der Waals surface area contributed by atoms with E-state index in [1.807, 2.05) is 54.6 Å². The standard InChI is InChI=1S/C25H23N3O3/c1-25(20-11-9-17-7-4-8-18(17)13-20)23(30)28(24(31)27-25)15-22(29)26-21-12-10-16-5-2-3-6-19(16)14-21/h2-3,5-6,9-14H,4,7-8,15H2,1H3,(H,26,29)(H,27,31)/t25-/m0/s1. The van der Waals surface area contributed by atoms with Crippen LogP contribution < -0.4 is 10.6 Å². The van der Waals surface area contributed by atoms with Crippen molar-refractivity contribution in [3.8, 4) is 0 Å². The first-order valence-electron chi connectivity index (χ1n) is 10.5. The maximum Gasteiger partial charge on any atom is 0.325 e. The van der Waals surface area contributed by atoms with Gasteiger partial charge in [-0.3, -0.25) is 14.5 Å². The van der Waals surface area contributed by atoms with E-state index >= 15 is 0 Å². The highest BCUT2D eigenvalue weighted by atomic mass is 16.2. The van der Waals surface area contributed by atoms with E-state index < -0.39 is 23.4 Å². The maximum atomic E-state index is 13.2. The van der Waals surface area contributed by atoms with Gasteiger partial charge in [0.1, 0.15) is 12.1 Å². The molecule has 4 amide bonds. The number of urea groups is 1. The second-order valence-corrected chi connectivity index (χ2v) is 8.39. The number of nitrogens with zero attached hydrogens (tertiary/aromatic N) is 1. The molecule has 3 aromatic carbocycles. The molecule has 0 spiro atoms. The van der Waals surface area contributed by atoms with Crippen LogP contribution in [0.25, 0.3) is 10.8 Å². The van der Waals surface area contributed by atoms with E-state index in [9.17, 15) is 14.4 Å². The molecule has 0 unspecified atom stereocenters. The Bertz CT molecular complexity index is 1240. The molecule has 5 rings (SSSR count). The first kappa shape index (κ1) is 19.3. The number of rotatable bonds is 4. The Balaban J connectivity index is 1.32. The summed E-state index contributed by atoms with van der Waals surface area (Å²) in [4.78, 5) is 39.3. The van der Waals surface area contributed by atoms with Gasteiger partial charge < -0.3 is 10.6 Å². The van der Waals surface area contributed by atoms with Gasteiger partial charge in [0.2, 0.25) is 5.91 Å². The molecule has 3 aromatic rings. The molecule has 1 aliphatic heterocycles. The molecule has 1 saturated heterocycles. The van der Waals surface area contributed by atoms with Crippen molar-refractivity contribution in [2.45, 2.75) is 31.7 Å². The van der Waals surface area contributed by atoms with Gasteiger partial charge in [0.25, 0.3) is 5.91 Å². The molecule has 31 heavy (non-hydrogen) atoms. The molecule has 0 radical (unpaired) electrons. The Kier molecular flexibility index (Phi) is 4.50. The van der Waals surface area contributed by atoms with Crippen LogP contribution in [0, 0.1) is 0 Å². The molecule has 156 valence electrons. The largest absolute Gasteiger partial charge is 0.325 e. The molecule has 1 fully saturated rings. The maximum absolute atomic E-state index is 13.2. The minimum atomic E-state index is -1.17. The Morgan fingerprint density at radius 3 is 2.61 bits per heavy atom. The van der Waals surface area contributed by atoms with Crippen molar-refractivity contribution in [1.82, 2.24) is 10.2 Å². The minimum absolute atomic E-state index is 0.335. The number of benzene rings is 3. The molecule has 6 heteroatoms. The van der Waals surface area contributed by atoms with E-state index in [1.54, 1.807) is 13.0 Å². The Hall–Kier alpha value is -3.67. The average Bonchev–Trinajstić information content (AvgIpc) is 3.32. The van der Waals surface area contributed by atoms with Crippen molar-refractivity contribution in [1.29, 1.82) is 0 Å². The van der Waals surface area contributed by atoms with Crippen LogP contribution in [0.1, 0.15) is 30.0 Å². The summed E-state index contributed by atoms with van der Waals surface area (Å²) in [6, 6.07) is 18.8. The number of aryl methyl sites for hydroxylation is 2. The molecule has 2 aliphatic rings. The fourth-order valence-corrected chi connectivity index (χ4v) is 4.53. The van der Waals surface area contributed by atoms with Gasteiger partial charge in [-0.1, -0.05) is 48.5 Å². The predicted octanol–water partition coefficient (Wildman–Crippen LogP) is 3.73. The summed E-state index contributed by atoms with van der Waals surface area (Å²) in [6.45, 7) is 1.36. The molecule has 2 N–H and O–H groups in total. The number of imide groups is 1. The van der Waals surface area contributed by atoms with Crippen molar-refractivity contribution in [2.24, 2.45) is 0 Å². The van der Waals surface area contributed by atoms with Gasteiger partial charge in [0.15, 0.2) is 0 Å². The summed E-state index contributed by atoms with van der Waals surface area (Å²) in [5, 5.41) is 7.65. The van der Waals surface area contributed by atoms with Crippen LogP contribution in [0.2, 0.25) is 0 Å². The van der Waals surface area contributed by atoms with Gasteiger partial charge in [-0.15, -0.1) is 0 Å². The van der Waals surface area contributed by atoms with Gasteiger partial charge in [-0.05, 0) is 65.8 Å². The van der Waals surface area contributed by atoms with E-state index in [-0.39, 0.29) is 6.54 Å². The van der Waals surface area contributed by atoms with E-state index in [0.29, 0.717) is 5.69 Å². The van der Waals surface area contributed by atoms with Crippen LogP contribution in [0.15, 0.2) is 60.7 Å². The highest BCUT2D eigenvalue weighted by Crippen LogP contribution is 2.32. The second-order valence-electron chi connectivity index (χ2n) is 8.39. The molecule has 6 nitrogen and oxygen atoms in total. The number of anilines is 1. The second kappa shape index (κ2) is 7.23. The van der Waals surface area contributed by atoms with Crippen molar-refractivity contribution in [2.75, 3.05) is 11.9 Å². The third-order valence-corrected chi connectivity index (χ3v) is 6.29. The highest BCUT2D eigenvalue weighted by Gasteiger charge is 2.49. The van der Waals surface area contributed by atoms with E-state index in [1.165, 1.54) is 11.1 Å². The molecule has 0 aromatic heterocycles. The monoisotopic (exact) mass is 413 g/mol. The highest BCUT2D eigenvalue weighted by molar-refractivity contribution is 6.10. The van der Waals surface area contributed by atoms with Gasteiger partial charge in [0.05, 0.1) is 0 Å². The van der Waals surface area contributed by atoms with Crippen LogP contribution in [-0.4, -0.2) is 29.3 Å². The number of carbonyl (C=O) groups excluding carboxylic acids is 3. The summed E-state index contributed by atoms with van der Waals surface area (Å²) in [5.41, 5.74) is 2.74. The quantitative estimate of drug-likeness (QED) is 0.640. The normalized spacial score (nSPS) is 20.1. The van der Waals surface area contributed by atoms with E-state index in [0.717, 1.165) is 40.5 Å². The number of hydrogen-bond donors (Lipinski definition) is 2. The number of fused-ring (bicyclic) bond motifs is 2. The summed E-state index contributed by atoms with van der Waals surface area (Å²) in [7, 11) is 0. The van der Waals surface area contributed by atoms with Crippen LogP contribution in [0.5, 0.6) is 0 Å². The molecule has 1 aliphatic carbocycles. The van der Waals surface area contributed by atoms with Crippen LogP contribution in [0.3, 0.4) is 0 Å².